The summed E-state index contributed by atoms with van der Waals surface area (Å²) >= 11 is 2.41. The SMILES string of the molecule is CCCCCOC(CI)c1ccccc1C. The fourth-order valence-corrected chi connectivity index (χ4v) is 2.47. The van der Waals surface area contributed by atoms with E-state index in [0.29, 0.717) is 0 Å². The molecule has 1 aromatic carbocycles. The van der Waals surface area contributed by atoms with Gasteiger partial charge in [-0.15, -0.1) is 0 Å². The van der Waals surface area contributed by atoms with Crippen LogP contribution >= 0.6 is 22.6 Å². The van der Waals surface area contributed by atoms with Crippen molar-refractivity contribution < 1.29 is 4.74 Å². The van der Waals surface area contributed by atoms with Crippen LogP contribution in [-0.2, 0) is 4.74 Å². The van der Waals surface area contributed by atoms with E-state index in [1.807, 2.05) is 0 Å². The third-order valence-electron chi connectivity index (χ3n) is 2.74. The predicted molar refractivity (Wildman–Crippen MR) is 78.3 cm³/mol. The summed E-state index contributed by atoms with van der Waals surface area (Å²) in [6.07, 6.45) is 3.96. The second-order valence-electron chi connectivity index (χ2n) is 4.08. The molecule has 0 spiro atoms. The third-order valence-corrected chi connectivity index (χ3v) is 3.54. The second-order valence-corrected chi connectivity index (χ2v) is 4.96. The van der Waals surface area contributed by atoms with Gasteiger partial charge in [-0.25, -0.2) is 0 Å². The number of halogens is 1. The van der Waals surface area contributed by atoms with Crippen molar-refractivity contribution in [3.8, 4) is 0 Å². The minimum atomic E-state index is 0.263. The summed E-state index contributed by atoms with van der Waals surface area (Å²) in [5.41, 5.74) is 2.67. The highest BCUT2D eigenvalue weighted by molar-refractivity contribution is 14.1. The lowest BCUT2D eigenvalue weighted by atomic mass is 10.0. The Bertz CT molecular complexity index is 299. The van der Waals surface area contributed by atoms with Crippen LogP contribution in [0.25, 0.3) is 0 Å². The summed E-state index contributed by atoms with van der Waals surface area (Å²) in [6.45, 7) is 5.26. The summed E-state index contributed by atoms with van der Waals surface area (Å²) in [4.78, 5) is 0. The topological polar surface area (TPSA) is 9.23 Å². The standard InChI is InChI=1S/C14H21IO/c1-3-4-7-10-16-14(11-15)13-9-6-5-8-12(13)2/h5-6,8-9,14H,3-4,7,10-11H2,1-2H3. The number of unbranched alkanes of at least 4 members (excludes halogenated alkanes) is 2. The Morgan fingerprint density at radius 2 is 2.00 bits per heavy atom. The minimum Gasteiger partial charge on any atom is -0.373 e. The van der Waals surface area contributed by atoms with Crippen molar-refractivity contribution in [3.63, 3.8) is 0 Å². The highest BCUT2D eigenvalue weighted by Crippen LogP contribution is 2.23. The zero-order valence-electron chi connectivity index (χ0n) is 10.2. The van der Waals surface area contributed by atoms with Crippen LogP contribution in [0.15, 0.2) is 24.3 Å². The van der Waals surface area contributed by atoms with Crippen molar-refractivity contribution >= 4 is 22.6 Å². The van der Waals surface area contributed by atoms with Gasteiger partial charge in [-0.3, -0.25) is 0 Å². The lowest BCUT2D eigenvalue weighted by Gasteiger charge is -2.17. The molecular weight excluding hydrogens is 311 g/mol. The maximum absolute atomic E-state index is 5.95. The lowest BCUT2D eigenvalue weighted by Crippen LogP contribution is -2.08. The molecule has 0 bridgehead atoms. The molecule has 0 radical (unpaired) electrons. The molecule has 1 rings (SSSR count). The first kappa shape index (κ1) is 14.0. The highest BCUT2D eigenvalue weighted by atomic mass is 127. The molecule has 1 atom stereocenters. The van der Waals surface area contributed by atoms with Gasteiger partial charge in [0, 0.05) is 11.0 Å². The molecular formula is C14H21IO. The molecule has 0 aliphatic heterocycles. The van der Waals surface area contributed by atoms with Crippen LogP contribution < -0.4 is 0 Å². The molecule has 0 saturated carbocycles. The normalized spacial score (nSPS) is 12.7. The van der Waals surface area contributed by atoms with Crippen molar-refractivity contribution in [2.24, 2.45) is 0 Å². The van der Waals surface area contributed by atoms with Crippen LogP contribution in [0.1, 0.15) is 43.4 Å². The molecule has 0 N–H and O–H groups in total. The summed E-state index contributed by atoms with van der Waals surface area (Å²) in [6, 6.07) is 8.51. The molecule has 90 valence electrons. The minimum absolute atomic E-state index is 0.263. The predicted octanol–water partition coefficient (Wildman–Crippen LogP) is 4.68. The van der Waals surface area contributed by atoms with Crippen LogP contribution in [0.4, 0.5) is 0 Å². The molecule has 2 heteroatoms. The first-order valence-electron chi connectivity index (χ1n) is 6.02. The summed E-state index contributed by atoms with van der Waals surface area (Å²) in [7, 11) is 0. The molecule has 0 aromatic heterocycles. The van der Waals surface area contributed by atoms with E-state index in [2.05, 4.69) is 60.7 Å². The van der Waals surface area contributed by atoms with Gasteiger partial charge in [0.05, 0.1) is 6.10 Å². The quantitative estimate of drug-likeness (QED) is 0.400. The van der Waals surface area contributed by atoms with Crippen LogP contribution in [0.2, 0.25) is 0 Å². The Hall–Kier alpha value is -0.0900. The molecule has 1 aromatic rings. The summed E-state index contributed by atoms with van der Waals surface area (Å²) in [5, 5.41) is 0. The Kier molecular flexibility index (Phi) is 7.05. The lowest BCUT2D eigenvalue weighted by molar-refractivity contribution is 0.0677. The molecule has 0 fully saturated rings. The van der Waals surface area contributed by atoms with Crippen molar-refractivity contribution in [3.05, 3.63) is 35.4 Å². The van der Waals surface area contributed by atoms with Crippen molar-refractivity contribution in [1.82, 2.24) is 0 Å². The summed E-state index contributed by atoms with van der Waals surface area (Å²) in [5.74, 6) is 0. The number of hydrogen-bond donors (Lipinski definition) is 0. The first-order chi connectivity index (χ1) is 7.79. The van der Waals surface area contributed by atoms with E-state index in [-0.39, 0.29) is 6.10 Å². The molecule has 1 nitrogen and oxygen atoms in total. The van der Waals surface area contributed by atoms with E-state index in [0.717, 1.165) is 11.0 Å². The molecule has 0 heterocycles. The Labute approximate surface area is 113 Å². The van der Waals surface area contributed by atoms with Crippen molar-refractivity contribution in [2.75, 3.05) is 11.0 Å². The first-order valence-corrected chi connectivity index (χ1v) is 7.55. The van der Waals surface area contributed by atoms with E-state index in [1.165, 1.54) is 30.4 Å². The molecule has 0 aliphatic carbocycles. The van der Waals surface area contributed by atoms with Gasteiger partial charge in [0.2, 0.25) is 0 Å². The monoisotopic (exact) mass is 332 g/mol. The van der Waals surface area contributed by atoms with Gasteiger partial charge in [0.25, 0.3) is 0 Å². The maximum Gasteiger partial charge on any atom is 0.0916 e. The van der Waals surface area contributed by atoms with Gasteiger partial charge < -0.3 is 4.74 Å². The smallest absolute Gasteiger partial charge is 0.0916 e. The van der Waals surface area contributed by atoms with E-state index in [9.17, 15) is 0 Å². The highest BCUT2D eigenvalue weighted by Gasteiger charge is 2.11. The van der Waals surface area contributed by atoms with Gasteiger partial charge in [0.1, 0.15) is 0 Å². The van der Waals surface area contributed by atoms with E-state index in [4.69, 9.17) is 4.74 Å². The van der Waals surface area contributed by atoms with Crippen LogP contribution in [0.3, 0.4) is 0 Å². The number of ether oxygens (including phenoxy) is 1. The fraction of sp³-hybridized carbons (Fsp3) is 0.571. The van der Waals surface area contributed by atoms with Gasteiger partial charge in [0.15, 0.2) is 0 Å². The van der Waals surface area contributed by atoms with E-state index < -0.39 is 0 Å². The zero-order chi connectivity index (χ0) is 11.8. The number of alkyl halides is 1. The number of aryl methyl sites for hydroxylation is 1. The average molecular weight is 332 g/mol. The fourth-order valence-electron chi connectivity index (χ4n) is 1.74. The second kappa shape index (κ2) is 8.07. The Morgan fingerprint density at radius 3 is 2.62 bits per heavy atom. The van der Waals surface area contributed by atoms with Crippen LogP contribution in [-0.4, -0.2) is 11.0 Å². The number of rotatable bonds is 7. The average Bonchev–Trinajstić information content (AvgIpc) is 2.31. The Morgan fingerprint density at radius 1 is 1.25 bits per heavy atom. The Balaban J connectivity index is 2.51. The molecule has 16 heavy (non-hydrogen) atoms. The van der Waals surface area contributed by atoms with Crippen molar-refractivity contribution in [2.45, 2.75) is 39.2 Å². The van der Waals surface area contributed by atoms with Crippen LogP contribution in [0, 0.1) is 6.92 Å². The number of hydrogen-bond acceptors (Lipinski definition) is 1. The van der Waals surface area contributed by atoms with Gasteiger partial charge >= 0.3 is 0 Å². The van der Waals surface area contributed by atoms with Gasteiger partial charge in [-0.05, 0) is 24.5 Å². The summed E-state index contributed by atoms with van der Waals surface area (Å²) < 4.78 is 6.98. The van der Waals surface area contributed by atoms with E-state index >= 15 is 0 Å². The van der Waals surface area contributed by atoms with Gasteiger partial charge in [-0.2, -0.15) is 0 Å². The maximum atomic E-state index is 5.95. The molecule has 0 aliphatic rings. The van der Waals surface area contributed by atoms with E-state index in [1.54, 1.807) is 0 Å². The molecule has 0 saturated heterocycles. The molecule has 0 amide bonds. The number of benzene rings is 1. The largest absolute Gasteiger partial charge is 0.373 e. The zero-order valence-corrected chi connectivity index (χ0v) is 12.4. The third kappa shape index (κ3) is 4.42. The van der Waals surface area contributed by atoms with Crippen molar-refractivity contribution in [1.29, 1.82) is 0 Å². The van der Waals surface area contributed by atoms with Crippen LogP contribution in [0.5, 0.6) is 0 Å². The van der Waals surface area contributed by atoms with Gasteiger partial charge in [-0.1, -0.05) is 66.6 Å². The molecule has 1 unspecified atom stereocenters.